The molecule has 106 valence electrons. The number of nitrogens with zero attached hydrogens (tertiary/aromatic N) is 1. The standard InChI is InChI=1S/C16H25FN2/c1-3-15(18)16(13-6-8-14(17)9-7-13)19-10-4-5-12(2)11-19/h6-9,12,15-16H,3-5,10-11,18H2,1-2H3. The van der Waals surface area contributed by atoms with Gasteiger partial charge in [0.1, 0.15) is 5.82 Å². The molecule has 3 atom stereocenters. The highest BCUT2D eigenvalue weighted by Gasteiger charge is 2.28. The van der Waals surface area contributed by atoms with Gasteiger partial charge in [-0.25, -0.2) is 4.39 Å². The minimum absolute atomic E-state index is 0.107. The molecule has 0 spiro atoms. The number of hydrogen-bond donors (Lipinski definition) is 1. The summed E-state index contributed by atoms with van der Waals surface area (Å²) in [6.45, 7) is 6.61. The van der Waals surface area contributed by atoms with E-state index >= 15 is 0 Å². The zero-order chi connectivity index (χ0) is 13.8. The van der Waals surface area contributed by atoms with Gasteiger partial charge in [-0.2, -0.15) is 0 Å². The molecule has 2 rings (SSSR count). The number of benzene rings is 1. The highest BCUT2D eigenvalue weighted by molar-refractivity contribution is 5.22. The lowest BCUT2D eigenvalue weighted by Gasteiger charge is -2.40. The minimum Gasteiger partial charge on any atom is -0.326 e. The van der Waals surface area contributed by atoms with Gasteiger partial charge in [0.15, 0.2) is 0 Å². The van der Waals surface area contributed by atoms with Gasteiger partial charge in [-0.05, 0) is 49.4 Å². The first-order chi connectivity index (χ1) is 9.11. The summed E-state index contributed by atoms with van der Waals surface area (Å²) in [5, 5.41) is 0. The van der Waals surface area contributed by atoms with Gasteiger partial charge in [-0.1, -0.05) is 26.0 Å². The molecular formula is C16H25FN2. The van der Waals surface area contributed by atoms with E-state index < -0.39 is 0 Å². The second-order valence-corrected chi connectivity index (χ2v) is 5.81. The molecular weight excluding hydrogens is 239 g/mol. The fourth-order valence-corrected chi connectivity index (χ4v) is 3.09. The van der Waals surface area contributed by atoms with Crippen molar-refractivity contribution in [3.63, 3.8) is 0 Å². The maximum atomic E-state index is 13.1. The summed E-state index contributed by atoms with van der Waals surface area (Å²) in [6, 6.07) is 7.17. The summed E-state index contributed by atoms with van der Waals surface area (Å²) < 4.78 is 13.1. The molecule has 1 aliphatic rings. The van der Waals surface area contributed by atoms with Gasteiger partial charge in [0, 0.05) is 18.6 Å². The van der Waals surface area contributed by atoms with E-state index in [0.717, 1.165) is 31.0 Å². The van der Waals surface area contributed by atoms with Gasteiger partial charge < -0.3 is 5.73 Å². The number of hydrogen-bond acceptors (Lipinski definition) is 2. The first-order valence-electron chi connectivity index (χ1n) is 7.37. The topological polar surface area (TPSA) is 29.3 Å². The molecule has 0 aromatic heterocycles. The smallest absolute Gasteiger partial charge is 0.123 e. The van der Waals surface area contributed by atoms with E-state index in [9.17, 15) is 4.39 Å². The van der Waals surface area contributed by atoms with E-state index in [4.69, 9.17) is 5.73 Å². The second kappa shape index (κ2) is 6.49. The van der Waals surface area contributed by atoms with Crippen LogP contribution in [-0.2, 0) is 0 Å². The molecule has 0 aliphatic carbocycles. The molecule has 1 heterocycles. The monoisotopic (exact) mass is 264 g/mol. The number of halogens is 1. The Morgan fingerprint density at radius 1 is 1.37 bits per heavy atom. The fraction of sp³-hybridized carbons (Fsp3) is 0.625. The Labute approximate surface area is 115 Å². The van der Waals surface area contributed by atoms with Crippen LogP contribution in [0.1, 0.15) is 44.7 Å². The molecule has 3 heteroatoms. The summed E-state index contributed by atoms with van der Waals surface area (Å²) in [5.74, 6) is 0.542. The van der Waals surface area contributed by atoms with E-state index in [1.54, 1.807) is 0 Å². The maximum absolute atomic E-state index is 13.1. The third-order valence-electron chi connectivity index (χ3n) is 4.17. The van der Waals surface area contributed by atoms with Crippen LogP contribution in [0.4, 0.5) is 4.39 Å². The minimum atomic E-state index is -0.181. The summed E-state index contributed by atoms with van der Waals surface area (Å²) in [7, 11) is 0. The van der Waals surface area contributed by atoms with Crippen LogP contribution in [-0.4, -0.2) is 24.0 Å². The molecule has 2 N–H and O–H groups in total. The first-order valence-corrected chi connectivity index (χ1v) is 7.37. The van der Waals surface area contributed by atoms with Crippen molar-refractivity contribution in [1.29, 1.82) is 0 Å². The van der Waals surface area contributed by atoms with E-state index in [-0.39, 0.29) is 17.9 Å². The van der Waals surface area contributed by atoms with Crippen molar-refractivity contribution in [1.82, 2.24) is 4.90 Å². The Morgan fingerprint density at radius 3 is 2.63 bits per heavy atom. The van der Waals surface area contributed by atoms with Gasteiger partial charge in [-0.15, -0.1) is 0 Å². The van der Waals surface area contributed by atoms with Crippen LogP contribution in [0.25, 0.3) is 0 Å². The summed E-state index contributed by atoms with van der Waals surface area (Å²) >= 11 is 0. The van der Waals surface area contributed by atoms with Crippen molar-refractivity contribution in [2.75, 3.05) is 13.1 Å². The van der Waals surface area contributed by atoms with Gasteiger partial charge in [0.05, 0.1) is 0 Å². The van der Waals surface area contributed by atoms with E-state index in [0.29, 0.717) is 0 Å². The highest BCUT2D eigenvalue weighted by atomic mass is 19.1. The summed E-state index contributed by atoms with van der Waals surface area (Å²) in [5.41, 5.74) is 7.47. The van der Waals surface area contributed by atoms with Crippen molar-refractivity contribution >= 4 is 0 Å². The summed E-state index contributed by atoms with van der Waals surface area (Å²) in [6.07, 6.45) is 3.47. The van der Waals surface area contributed by atoms with Gasteiger partial charge >= 0.3 is 0 Å². The molecule has 0 radical (unpaired) electrons. The maximum Gasteiger partial charge on any atom is 0.123 e. The predicted molar refractivity (Wildman–Crippen MR) is 77.4 cm³/mol. The first kappa shape index (κ1) is 14.5. The number of piperidine rings is 1. The molecule has 0 amide bonds. The lowest BCUT2D eigenvalue weighted by Crippen LogP contribution is -2.45. The molecule has 0 saturated carbocycles. The van der Waals surface area contributed by atoms with Crippen molar-refractivity contribution in [3.8, 4) is 0 Å². The van der Waals surface area contributed by atoms with Crippen LogP contribution in [0.15, 0.2) is 24.3 Å². The average molecular weight is 264 g/mol. The molecule has 0 bridgehead atoms. The van der Waals surface area contributed by atoms with Crippen LogP contribution in [0, 0.1) is 11.7 Å². The highest BCUT2D eigenvalue weighted by Crippen LogP contribution is 2.29. The molecule has 1 saturated heterocycles. The largest absolute Gasteiger partial charge is 0.326 e. The predicted octanol–water partition coefficient (Wildman–Crippen LogP) is 3.34. The van der Waals surface area contributed by atoms with Crippen molar-refractivity contribution in [3.05, 3.63) is 35.6 Å². The van der Waals surface area contributed by atoms with Crippen molar-refractivity contribution in [2.24, 2.45) is 11.7 Å². The molecule has 1 aromatic carbocycles. The zero-order valence-corrected chi connectivity index (χ0v) is 12.0. The van der Waals surface area contributed by atoms with E-state index in [1.807, 2.05) is 12.1 Å². The summed E-state index contributed by atoms with van der Waals surface area (Å²) in [4.78, 5) is 2.48. The SMILES string of the molecule is CCC(N)C(c1ccc(F)cc1)N1CCCC(C)C1. The quantitative estimate of drug-likeness (QED) is 0.903. The molecule has 19 heavy (non-hydrogen) atoms. The Balaban J connectivity index is 2.22. The van der Waals surface area contributed by atoms with Crippen molar-refractivity contribution < 1.29 is 4.39 Å². The zero-order valence-electron chi connectivity index (χ0n) is 12.0. The van der Waals surface area contributed by atoms with Crippen molar-refractivity contribution in [2.45, 2.75) is 45.2 Å². The molecule has 1 aromatic rings. The normalized spacial score (nSPS) is 24.1. The van der Waals surface area contributed by atoms with Gasteiger partial charge in [0.2, 0.25) is 0 Å². The number of rotatable bonds is 4. The Hall–Kier alpha value is -0.930. The van der Waals surface area contributed by atoms with Crippen LogP contribution in [0.3, 0.4) is 0 Å². The van der Waals surface area contributed by atoms with E-state index in [1.165, 1.54) is 25.0 Å². The Morgan fingerprint density at radius 2 is 2.05 bits per heavy atom. The van der Waals surface area contributed by atoms with Crippen LogP contribution >= 0.6 is 0 Å². The van der Waals surface area contributed by atoms with Crippen LogP contribution in [0.2, 0.25) is 0 Å². The Bertz CT molecular complexity index is 390. The fourth-order valence-electron chi connectivity index (χ4n) is 3.09. The van der Waals surface area contributed by atoms with Gasteiger partial charge in [-0.3, -0.25) is 4.90 Å². The third kappa shape index (κ3) is 3.54. The molecule has 1 fully saturated rings. The molecule has 1 aliphatic heterocycles. The molecule has 3 unspecified atom stereocenters. The second-order valence-electron chi connectivity index (χ2n) is 5.81. The third-order valence-corrected chi connectivity index (χ3v) is 4.17. The number of likely N-dealkylation sites (tertiary alicyclic amines) is 1. The number of nitrogens with two attached hydrogens (primary N) is 1. The molecule has 2 nitrogen and oxygen atoms in total. The lowest BCUT2D eigenvalue weighted by molar-refractivity contribution is 0.111. The van der Waals surface area contributed by atoms with E-state index in [2.05, 4.69) is 18.7 Å². The average Bonchev–Trinajstić information content (AvgIpc) is 2.41. The van der Waals surface area contributed by atoms with Gasteiger partial charge in [0.25, 0.3) is 0 Å². The van der Waals surface area contributed by atoms with Crippen LogP contribution in [0.5, 0.6) is 0 Å². The lowest BCUT2D eigenvalue weighted by atomic mass is 9.91. The Kier molecular flexibility index (Phi) is 4.94. The van der Waals surface area contributed by atoms with Crippen LogP contribution < -0.4 is 5.73 Å².